The van der Waals surface area contributed by atoms with Gasteiger partial charge in [-0.1, -0.05) is 0 Å². The van der Waals surface area contributed by atoms with Crippen molar-refractivity contribution < 1.29 is 9.47 Å². The molecule has 0 aliphatic carbocycles. The first-order chi connectivity index (χ1) is 5.47. The summed E-state index contributed by atoms with van der Waals surface area (Å²) in [5.41, 5.74) is 0. The summed E-state index contributed by atoms with van der Waals surface area (Å²) < 4.78 is 10.9. The number of rotatable bonds is 1. The molecule has 3 heteroatoms. The summed E-state index contributed by atoms with van der Waals surface area (Å²) in [7, 11) is 0. The molecule has 0 aromatic carbocycles. The van der Waals surface area contributed by atoms with Crippen LogP contribution in [-0.4, -0.2) is 39.0 Å². The van der Waals surface area contributed by atoms with E-state index in [-0.39, 0.29) is 0 Å². The maximum Gasteiger partial charge on any atom is 0.0751 e. The average Bonchev–Trinajstić information content (AvgIpc) is 2.58. The van der Waals surface area contributed by atoms with E-state index in [1.54, 1.807) is 0 Å². The standard InChI is InChI=1S/C8H15NO2/c1-3-10-6-7(1)8-5-9-2-4-11-8/h7-9H,1-6H2/t7-,8-/m1/s1. The van der Waals surface area contributed by atoms with Crippen LogP contribution in [0.3, 0.4) is 0 Å². The van der Waals surface area contributed by atoms with Crippen molar-refractivity contribution in [2.24, 2.45) is 5.92 Å². The van der Waals surface area contributed by atoms with Gasteiger partial charge in [-0.2, -0.15) is 0 Å². The Morgan fingerprint density at radius 3 is 2.91 bits per heavy atom. The van der Waals surface area contributed by atoms with Crippen LogP contribution >= 0.6 is 0 Å². The molecule has 0 aromatic heterocycles. The van der Waals surface area contributed by atoms with Crippen LogP contribution in [0.15, 0.2) is 0 Å². The SMILES string of the molecule is C1CO[C@@H]([C@@H]2CCOC2)CN1. The van der Waals surface area contributed by atoms with E-state index in [1.807, 2.05) is 0 Å². The Morgan fingerprint density at radius 2 is 2.27 bits per heavy atom. The van der Waals surface area contributed by atoms with Crippen molar-refractivity contribution in [3.05, 3.63) is 0 Å². The van der Waals surface area contributed by atoms with Crippen molar-refractivity contribution in [2.75, 3.05) is 32.9 Å². The highest BCUT2D eigenvalue weighted by Gasteiger charge is 2.27. The van der Waals surface area contributed by atoms with E-state index in [2.05, 4.69) is 5.32 Å². The minimum atomic E-state index is 0.409. The summed E-state index contributed by atoms with van der Waals surface area (Å²) in [5.74, 6) is 0.641. The number of ether oxygens (including phenoxy) is 2. The van der Waals surface area contributed by atoms with Crippen LogP contribution < -0.4 is 5.32 Å². The molecule has 0 aromatic rings. The molecule has 2 aliphatic heterocycles. The van der Waals surface area contributed by atoms with Gasteiger partial charge in [0.05, 0.1) is 19.3 Å². The molecule has 2 fully saturated rings. The largest absolute Gasteiger partial charge is 0.381 e. The topological polar surface area (TPSA) is 30.5 Å². The van der Waals surface area contributed by atoms with Crippen molar-refractivity contribution in [2.45, 2.75) is 12.5 Å². The monoisotopic (exact) mass is 157 g/mol. The van der Waals surface area contributed by atoms with Gasteiger partial charge < -0.3 is 14.8 Å². The first kappa shape index (κ1) is 7.53. The molecule has 2 saturated heterocycles. The van der Waals surface area contributed by atoms with E-state index >= 15 is 0 Å². The van der Waals surface area contributed by atoms with Crippen molar-refractivity contribution in [3.8, 4) is 0 Å². The Labute approximate surface area is 67.1 Å². The highest BCUT2D eigenvalue weighted by Crippen LogP contribution is 2.19. The van der Waals surface area contributed by atoms with E-state index in [4.69, 9.17) is 9.47 Å². The maximum atomic E-state index is 5.62. The fourth-order valence-electron chi connectivity index (χ4n) is 1.73. The van der Waals surface area contributed by atoms with E-state index in [0.29, 0.717) is 12.0 Å². The highest BCUT2D eigenvalue weighted by molar-refractivity contribution is 4.78. The maximum absolute atomic E-state index is 5.62. The van der Waals surface area contributed by atoms with Crippen LogP contribution in [0.25, 0.3) is 0 Å². The van der Waals surface area contributed by atoms with Gasteiger partial charge >= 0.3 is 0 Å². The number of morpholine rings is 1. The third-order valence-corrected chi connectivity index (χ3v) is 2.45. The summed E-state index contributed by atoms with van der Waals surface area (Å²) in [5, 5.41) is 3.33. The number of nitrogens with one attached hydrogen (secondary N) is 1. The molecule has 1 N–H and O–H groups in total. The molecule has 11 heavy (non-hydrogen) atoms. The lowest BCUT2D eigenvalue weighted by Gasteiger charge is -2.27. The quantitative estimate of drug-likeness (QED) is 0.581. The molecule has 2 rings (SSSR count). The predicted octanol–water partition coefficient (Wildman–Crippen LogP) is 0.0113. The number of hydrogen-bond donors (Lipinski definition) is 1. The molecule has 2 heterocycles. The molecular weight excluding hydrogens is 142 g/mol. The van der Waals surface area contributed by atoms with Crippen LogP contribution in [0, 0.1) is 5.92 Å². The highest BCUT2D eigenvalue weighted by atomic mass is 16.5. The van der Waals surface area contributed by atoms with Crippen molar-refractivity contribution in [3.63, 3.8) is 0 Å². The van der Waals surface area contributed by atoms with Gasteiger partial charge in [0.1, 0.15) is 0 Å². The molecule has 0 unspecified atom stereocenters. The van der Waals surface area contributed by atoms with Gasteiger partial charge in [-0.25, -0.2) is 0 Å². The summed E-state index contributed by atoms with van der Waals surface area (Å²) in [6.45, 7) is 4.69. The van der Waals surface area contributed by atoms with Crippen molar-refractivity contribution >= 4 is 0 Å². The zero-order valence-corrected chi connectivity index (χ0v) is 6.71. The smallest absolute Gasteiger partial charge is 0.0751 e. The Balaban J connectivity index is 1.82. The third-order valence-electron chi connectivity index (χ3n) is 2.45. The molecule has 2 aliphatic rings. The summed E-state index contributed by atoms with van der Waals surface area (Å²) in [6.07, 6.45) is 1.58. The third kappa shape index (κ3) is 1.72. The second-order valence-corrected chi connectivity index (χ2v) is 3.24. The lowest BCUT2D eigenvalue weighted by Crippen LogP contribution is -2.42. The van der Waals surface area contributed by atoms with Gasteiger partial charge in [0.2, 0.25) is 0 Å². The fourth-order valence-corrected chi connectivity index (χ4v) is 1.73. The molecule has 0 saturated carbocycles. The van der Waals surface area contributed by atoms with Gasteiger partial charge in [0.15, 0.2) is 0 Å². The second-order valence-electron chi connectivity index (χ2n) is 3.24. The molecule has 0 radical (unpaired) electrons. The van der Waals surface area contributed by atoms with Crippen molar-refractivity contribution in [1.82, 2.24) is 5.32 Å². The Bertz CT molecular complexity index is 117. The van der Waals surface area contributed by atoms with E-state index in [0.717, 1.165) is 32.9 Å². The minimum Gasteiger partial charge on any atom is -0.381 e. The van der Waals surface area contributed by atoms with Gasteiger partial charge in [-0.05, 0) is 6.42 Å². The first-order valence-corrected chi connectivity index (χ1v) is 4.37. The van der Waals surface area contributed by atoms with E-state index in [1.165, 1.54) is 6.42 Å². The number of hydrogen-bond acceptors (Lipinski definition) is 3. The molecule has 2 atom stereocenters. The summed E-state index contributed by atoms with van der Waals surface area (Å²) >= 11 is 0. The van der Waals surface area contributed by atoms with Gasteiger partial charge in [-0.15, -0.1) is 0 Å². The zero-order chi connectivity index (χ0) is 7.52. The second kappa shape index (κ2) is 3.52. The molecular formula is C8H15NO2. The van der Waals surface area contributed by atoms with Crippen LogP contribution in [0.2, 0.25) is 0 Å². The van der Waals surface area contributed by atoms with E-state index in [9.17, 15) is 0 Å². The minimum absolute atomic E-state index is 0.409. The lowest BCUT2D eigenvalue weighted by atomic mass is 10.0. The van der Waals surface area contributed by atoms with Gasteiger partial charge in [-0.3, -0.25) is 0 Å². The first-order valence-electron chi connectivity index (χ1n) is 4.37. The van der Waals surface area contributed by atoms with Gasteiger partial charge in [0, 0.05) is 25.6 Å². The van der Waals surface area contributed by atoms with Crippen molar-refractivity contribution in [1.29, 1.82) is 0 Å². The molecule has 0 bridgehead atoms. The van der Waals surface area contributed by atoms with Crippen LogP contribution in [0.4, 0.5) is 0 Å². The Kier molecular flexibility index (Phi) is 2.41. The predicted molar refractivity (Wildman–Crippen MR) is 41.5 cm³/mol. The zero-order valence-electron chi connectivity index (χ0n) is 6.71. The summed E-state index contributed by atoms with van der Waals surface area (Å²) in [4.78, 5) is 0. The molecule has 3 nitrogen and oxygen atoms in total. The van der Waals surface area contributed by atoms with Crippen LogP contribution in [0.5, 0.6) is 0 Å². The lowest BCUT2D eigenvalue weighted by molar-refractivity contribution is -0.0113. The molecule has 0 spiro atoms. The van der Waals surface area contributed by atoms with E-state index < -0.39 is 0 Å². The van der Waals surface area contributed by atoms with Crippen LogP contribution in [-0.2, 0) is 9.47 Å². The summed E-state index contributed by atoms with van der Waals surface area (Å²) in [6, 6.07) is 0. The molecule has 0 amide bonds. The Morgan fingerprint density at radius 1 is 1.27 bits per heavy atom. The fraction of sp³-hybridized carbons (Fsp3) is 1.00. The Hall–Kier alpha value is -0.120. The average molecular weight is 157 g/mol. The normalized spacial score (nSPS) is 39.3. The molecule has 64 valence electrons. The van der Waals surface area contributed by atoms with Crippen LogP contribution in [0.1, 0.15) is 6.42 Å². The van der Waals surface area contributed by atoms with Gasteiger partial charge in [0.25, 0.3) is 0 Å².